The summed E-state index contributed by atoms with van der Waals surface area (Å²) >= 11 is 0. The molecule has 78 valence electrons. The van der Waals surface area contributed by atoms with Gasteiger partial charge in [-0.3, -0.25) is 0 Å². The molecule has 0 atom stereocenters. The van der Waals surface area contributed by atoms with E-state index < -0.39 is 0 Å². The number of hydrogen-bond acceptors (Lipinski definition) is 3. The fourth-order valence-corrected chi connectivity index (χ4v) is 1.44. The second kappa shape index (κ2) is 4.86. The highest BCUT2D eigenvalue weighted by atomic mass is 16.5. The second-order valence-electron chi connectivity index (χ2n) is 3.33. The molecule has 1 aromatic carbocycles. The standard InChI is InChI=1S/C11H17NO2/c1-8-6-10(12)7-9(2)11(8)14-5-4-13-3/h6-7H,4-5,12H2,1-3H3. The van der Waals surface area contributed by atoms with Crippen molar-refractivity contribution in [3.8, 4) is 5.75 Å². The maximum atomic E-state index is 5.70. The molecule has 1 aromatic rings. The van der Waals surface area contributed by atoms with E-state index in [1.165, 1.54) is 0 Å². The van der Waals surface area contributed by atoms with Crippen molar-refractivity contribution in [2.24, 2.45) is 0 Å². The lowest BCUT2D eigenvalue weighted by molar-refractivity contribution is 0.145. The van der Waals surface area contributed by atoms with Crippen molar-refractivity contribution < 1.29 is 9.47 Å². The first-order valence-corrected chi connectivity index (χ1v) is 4.63. The fourth-order valence-electron chi connectivity index (χ4n) is 1.44. The largest absolute Gasteiger partial charge is 0.491 e. The summed E-state index contributed by atoms with van der Waals surface area (Å²) in [6, 6.07) is 3.82. The van der Waals surface area contributed by atoms with E-state index in [0.29, 0.717) is 13.2 Å². The Balaban J connectivity index is 2.75. The number of hydrogen-bond donors (Lipinski definition) is 1. The van der Waals surface area contributed by atoms with E-state index in [-0.39, 0.29) is 0 Å². The summed E-state index contributed by atoms with van der Waals surface area (Å²) in [5.41, 5.74) is 8.62. The molecule has 0 unspecified atom stereocenters. The van der Waals surface area contributed by atoms with E-state index >= 15 is 0 Å². The van der Waals surface area contributed by atoms with Crippen molar-refractivity contribution in [2.75, 3.05) is 26.1 Å². The Bertz CT molecular complexity index is 287. The van der Waals surface area contributed by atoms with E-state index in [1.54, 1.807) is 7.11 Å². The maximum absolute atomic E-state index is 5.70. The Morgan fingerprint density at radius 2 is 1.71 bits per heavy atom. The molecule has 0 amide bonds. The van der Waals surface area contributed by atoms with Crippen molar-refractivity contribution in [1.29, 1.82) is 0 Å². The zero-order valence-electron chi connectivity index (χ0n) is 8.96. The Morgan fingerprint density at radius 3 is 2.21 bits per heavy atom. The third-order valence-electron chi connectivity index (χ3n) is 2.02. The van der Waals surface area contributed by atoms with Gasteiger partial charge in [0.1, 0.15) is 12.4 Å². The number of benzene rings is 1. The number of anilines is 1. The summed E-state index contributed by atoms with van der Waals surface area (Å²) in [7, 11) is 1.66. The molecule has 3 heteroatoms. The molecule has 0 bridgehead atoms. The highest BCUT2D eigenvalue weighted by Crippen LogP contribution is 2.25. The normalized spacial score (nSPS) is 10.2. The van der Waals surface area contributed by atoms with Gasteiger partial charge in [0, 0.05) is 12.8 Å². The minimum Gasteiger partial charge on any atom is -0.491 e. The van der Waals surface area contributed by atoms with E-state index in [4.69, 9.17) is 15.2 Å². The van der Waals surface area contributed by atoms with E-state index in [0.717, 1.165) is 22.6 Å². The van der Waals surface area contributed by atoms with Crippen LogP contribution in [0.1, 0.15) is 11.1 Å². The Kier molecular flexibility index (Phi) is 3.77. The molecule has 2 N–H and O–H groups in total. The molecule has 0 aliphatic rings. The molecule has 0 saturated heterocycles. The molecule has 0 aromatic heterocycles. The lowest BCUT2D eigenvalue weighted by Gasteiger charge is -2.12. The minimum atomic E-state index is 0.572. The zero-order valence-corrected chi connectivity index (χ0v) is 8.96. The van der Waals surface area contributed by atoms with Gasteiger partial charge in [-0.15, -0.1) is 0 Å². The van der Waals surface area contributed by atoms with E-state index in [1.807, 2.05) is 26.0 Å². The number of nitrogen functional groups attached to an aromatic ring is 1. The summed E-state index contributed by atoms with van der Waals surface area (Å²) in [6.07, 6.45) is 0. The highest BCUT2D eigenvalue weighted by molar-refractivity contribution is 5.52. The quantitative estimate of drug-likeness (QED) is 0.589. The Morgan fingerprint density at radius 1 is 1.14 bits per heavy atom. The van der Waals surface area contributed by atoms with Crippen LogP contribution in [0.2, 0.25) is 0 Å². The third-order valence-corrected chi connectivity index (χ3v) is 2.02. The molecule has 0 aliphatic carbocycles. The molecule has 0 saturated carbocycles. The molecular formula is C11H17NO2. The summed E-state index contributed by atoms with van der Waals surface area (Å²) in [6.45, 7) is 5.16. The lowest BCUT2D eigenvalue weighted by atomic mass is 10.1. The monoisotopic (exact) mass is 195 g/mol. The molecule has 1 rings (SSSR count). The number of ether oxygens (including phenoxy) is 2. The predicted octanol–water partition coefficient (Wildman–Crippen LogP) is 1.91. The highest BCUT2D eigenvalue weighted by Gasteiger charge is 2.04. The molecule has 0 radical (unpaired) electrons. The van der Waals surface area contributed by atoms with Crippen LogP contribution in [-0.2, 0) is 4.74 Å². The van der Waals surface area contributed by atoms with Gasteiger partial charge in [0.2, 0.25) is 0 Å². The van der Waals surface area contributed by atoms with Crippen LogP contribution in [0, 0.1) is 13.8 Å². The first-order chi connectivity index (χ1) is 6.65. The number of methoxy groups -OCH3 is 1. The van der Waals surface area contributed by atoms with Crippen LogP contribution in [-0.4, -0.2) is 20.3 Å². The number of nitrogens with two attached hydrogens (primary N) is 1. The van der Waals surface area contributed by atoms with Crippen LogP contribution in [0.25, 0.3) is 0 Å². The van der Waals surface area contributed by atoms with Gasteiger partial charge in [-0.05, 0) is 37.1 Å². The number of aryl methyl sites for hydroxylation is 2. The third kappa shape index (κ3) is 2.64. The SMILES string of the molecule is COCCOc1c(C)cc(N)cc1C. The predicted molar refractivity (Wildman–Crippen MR) is 57.7 cm³/mol. The Labute approximate surface area is 84.8 Å². The maximum Gasteiger partial charge on any atom is 0.125 e. The molecule has 3 nitrogen and oxygen atoms in total. The topological polar surface area (TPSA) is 44.5 Å². The van der Waals surface area contributed by atoms with Gasteiger partial charge in [0.15, 0.2) is 0 Å². The average Bonchev–Trinajstić information content (AvgIpc) is 2.09. The Hall–Kier alpha value is -1.22. The average molecular weight is 195 g/mol. The molecule has 0 heterocycles. The van der Waals surface area contributed by atoms with E-state index in [9.17, 15) is 0 Å². The zero-order chi connectivity index (χ0) is 10.6. The molecule has 0 fully saturated rings. The van der Waals surface area contributed by atoms with Gasteiger partial charge < -0.3 is 15.2 Å². The van der Waals surface area contributed by atoms with Gasteiger partial charge >= 0.3 is 0 Å². The molecular weight excluding hydrogens is 178 g/mol. The van der Waals surface area contributed by atoms with Crippen molar-refractivity contribution in [1.82, 2.24) is 0 Å². The minimum absolute atomic E-state index is 0.572. The summed E-state index contributed by atoms with van der Waals surface area (Å²) in [5.74, 6) is 0.913. The van der Waals surface area contributed by atoms with Gasteiger partial charge in [0.05, 0.1) is 6.61 Å². The molecule has 14 heavy (non-hydrogen) atoms. The first kappa shape index (κ1) is 10.9. The van der Waals surface area contributed by atoms with Crippen molar-refractivity contribution in [3.05, 3.63) is 23.3 Å². The molecule has 0 spiro atoms. The molecule has 0 aliphatic heterocycles. The first-order valence-electron chi connectivity index (χ1n) is 4.63. The van der Waals surface area contributed by atoms with E-state index in [2.05, 4.69) is 0 Å². The van der Waals surface area contributed by atoms with Crippen LogP contribution < -0.4 is 10.5 Å². The fraction of sp³-hybridized carbons (Fsp3) is 0.455. The van der Waals surface area contributed by atoms with Gasteiger partial charge in [-0.2, -0.15) is 0 Å². The van der Waals surface area contributed by atoms with Crippen molar-refractivity contribution in [3.63, 3.8) is 0 Å². The lowest BCUT2D eigenvalue weighted by Crippen LogP contribution is -2.06. The van der Waals surface area contributed by atoms with Crippen LogP contribution >= 0.6 is 0 Å². The smallest absolute Gasteiger partial charge is 0.125 e. The van der Waals surface area contributed by atoms with Gasteiger partial charge in [-0.1, -0.05) is 0 Å². The van der Waals surface area contributed by atoms with Crippen molar-refractivity contribution in [2.45, 2.75) is 13.8 Å². The van der Waals surface area contributed by atoms with Gasteiger partial charge in [-0.25, -0.2) is 0 Å². The summed E-state index contributed by atoms with van der Waals surface area (Å²) < 4.78 is 10.5. The summed E-state index contributed by atoms with van der Waals surface area (Å²) in [5, 5.41) is 0. The van der Waals surface area contributed by atoms with Crippen LogP contribution in [0.15, 0.2) is 12.1 Å². The number of rotatable bonds is 4. The van der Waals surface area contributed by atoms with Gasteiger partial charge in [0.25, 0.3) is 0 Å². The van der Waals surface area contributed by atoms with Crippen LogP contribution in [0.5, 0.6) is 5.75 Å². The van der Waals surface area contributed by atoms with Crippen molar-refractivity contribution >= 4 is 5.69 Å². The van der Waals surface area contributed by atoms with Crippen LogP contribution in [0.4, 0.5) is 5.69 Å². The second-order valence-corrected chi connectivity index (χ2v) is 3.33. The summed E-state index contributed by atoms with van der Waals surface area (Å²) in [4.78, 5) is 0. The van der Waals surface area contributed by atoms with Crippen LogP contribution in [0.3, 0.4) is 0 Å².